The number of hydrogen-bond acceptors (Lipinski definition) is 7. The van der Waals surface area contributed by atoms with Gasteiger partial charge in [0.05, 0.1) is 9.82 Å². The molecule has 1 heterocycles. The van der Waals surface area contributed by atoms with Gasteiger partial charge >= 0.3 is 0 Å². The van der Waals surface area contributed by atoms with Crippen LogP contribution in [0.4, 0.5) is 11.6 Å². The number of aromatic nitrogens is 3. The highest BCUT2D eigenvalue weighted by Crippen LogP contribution is 2.27. The minimum Gasteiger partial charge on any atom is -0.258 e. The maximum absolute atomic E-state index is 12.2. The Labute approximate surface area is 134 Å². The highest BCUT2D eigenvalue weighted by molar-refractivity contribution is 7.99. The zero-order chi connectivity index (χ0) is 16.3. The van der Waals surface area contributed by atoms with E-state index in [1.54, 1.807) is 0 Å². The fourth-order valence-corrected chi connectivity index (χ4v) is 3.16. The van der Waals surface area contributed by atoms with Crippen LogP contribution >= 0.6 is 23.4 Å². The molecule has 0 unspecified atom stereocenters. The van der Waals surface area contributed by atoms with Gasteiger partial charge in [-0.3, -0.25) is 10.1 Å². The van der Waals surface area contributed by atoms with Crippen molar-refractivity contribution in [1.82, 2.24) is 15.2 Å². The largest absolute Gasteiger partial charge is 0.289 e. The highest BCUT2D eigenvalue weighted by atomic mass is 35.5. The van der Waals surface area contributed by atoms with Crippen molar-refractivity contribution in [2.75, 3.05) is 10.5 Å². The predicted molar refractivity (Wildman–Crippen MR) is 81.7 cm³/mol. The van der Waals surface area contributed by atoms with Crippen molar-refractivity contribution in [3.05, 3.63) is 33.3 Å². The van der Waals surface area contributed by atoms with Crippen LogP contribution in [0.3, 0.4) is 0 Å². The highest BCUT2D eigenvalue weighted by Gasteiger charge is 2.21. The van der Waals surface area contributed by atoms with E-state index in [1.807, 2.05) is 6.92 Å². The number of halogens is 1. The van der Waals surface area contributed by atoms with E-state index in [-0.39, 0.29) is 15.9 Å². The van der Waals surface area contributed by atoms with Crippen molar-refractivity contribution >= 4 is 45.0 Å². The van der Waals surface area contributed by atoms with E-state index in [1.165, 1.54) is 11.8 Å². The zero-order valence-corrected chi connectivity index (χ0v) is 13.5. The molecule has 0 bridgehead atoms. The molecule has 2 N–H and O–H groups in total. The third-order valence-corrected chi connectivity index (χ3v) is 4.78. The molecular formula is C10H10ClN5O4S2. The van der Waals surface area contributed by atoms with Crippen LogP contribution in [0.1, 0.15) is 6.92 Å². The summed E-state index contributed by atoms with van der Waals surface area (Å²) in [7, 11) is -4.04. The molecule has 0 radical (unpaired) electrons. The second kappa shape index (κ2) is 6.50. The number of nitrogens with one attached hydrogen (secondary N) is 2. The second-order valence-corrected chi connectivity index (χ2v) is 7.20. The molecule has 9 nitrogen and oxygen atoms in total. The number of aromatic amines is 1. The first-order valence-corrected chi connectivity index (χ1v) is 8.70. The minimum absolute atomic E-state index is 0.0754. The van der Waals surface area contributed by atoms with E-state index in [9.17, 15) is 18.5 Å². The number of H-pyrrole nitrogens is 1. The molecule has 22 heavy (non-hydrogen) atoms. The number of hydrogen-bond donors (Lipinski definition) is 2. The van der Waals surface area contributed by atoms with Gasteiger partial charge < -0.3 is 0 Å². The summed E-state index contributed by atoms with van der Waals surface area (Å²) in [4.78, 5) is 13.7. The molecule has 0 aliphatic heterocycles. The summed E-state index contributed by atoms with van der Waals surface area (Å²) in [6.45, 7) is 1.90. The van der Waals surface area contributed by atoms with Crippen LogP contribution < -0.4 is 4.72 Å². The molecular weight excluding hydrogens is 354 g/mol. The lowest BCUT2D eigenvalue weighted by Gasteiger charge is -2.05. The van der Waals surface area contributed by atoms with Crippen molar-refractivity contribution in [3.63, 3.8) is 0 Å². The molecule has 0 saturated carbocycles. The average molecular weight is 364 g/mol. The van der Waals surface area contributed by atoms with Crippen LogP contribution in [0.2, 0.25) is 5.02 Å². The molecule has 1 aromatic carbocycles. The Bertz CT molecular complexity index is 807. The maximum Gasteiger partial charge on any atom is 0.289 e. The van der Waals surface area contributed by atoms with Crippen molar-refractivity contribution < 1.29 is 13.3 Å². The fraction of sp³-hybridized carbons (Fsp3) is 0.200. The van der Waals surface area contributed by atoms with Crippen LogP contribution in [0.25, 0.3) is 0 Å². The predicted octanol–water partition coefficient (Wildman–Crippen LogP) is 2.28. The maximum atomic E-state index is 12.2. The molecule has 0 aliphatic rings. The Balaban J connectivity index is 2.30. The van der Waals surface area contributed by atoms with E-state index >= 15 is 0 Å². The number of thioether (sulfide) groups is 1. The van der Waals surface area contributed by atoms with Crippen LogP contribution in [0.5, 0.6) is 0 Å². The molecule has 0 saturated heterocycles. The van der Waals surface area contributed by atoms with E-state index in [2.05, 4.69) is 19.9 Å². The van der Waals surface area contributed by atoms with Crippen LogP contribution in [0.15, 0.2) is 28.3 Å². The third kappa shape index (κ3) is 3.67. The number of sulfonamides is 1. The molecule has 0 spiro atoms. The smallest absolute Gasteiger partial charge is 0.258 e. The summed E-state index contributed by atoms with van der Waals surface area (Å²) in [6.07, 6.45) is 0. The normalized spacial score (nSPS) is 11.4. The molecule has 2 aromatic rings. The Morgan fingerprint density at radius 2 is 2.23 bits per heavy atom. The summed E-state index contributed by atoms with van der Waals surface area (Å²) in [6, 6.07) is 3.19. The van der Waals surface area contributed by atoms with Gasteiger partial charge in [0.15, 0.2) is 0 Å². The van der Waals surface area contributed by atoms with E-state index in [4.69, 9.17) is 11.6 Å². The van der Waals surface area contributed by atoms with Crippen molar-refractivity contribution in [2.24, 2.45) is 0 Å². The van der Waals surface area contributed by atoms with Gasteiger partial charge in [0, 0.05) is 6.07 Å². The number of nitro benzene ring substituents is 1. The van der Waals surface area contributed by atoms with E-state index < -0.39 is 20.6 Å². The van der Waals surface area contributed by atoms with E-state index in [0.29, 0.717) is 5.16 Å². The lowest BCUT2D eigenvalue weighted by atomic mass is 10.3. The molecule has 2 rings (SSSR count). The Morgan fingerprint density at radius 3 is 2.86 bits per heavy atom. The lowest BCUT2D eigenvalue weighted by Crippen LogP contribution is -2.14. The molecule has 118 valence electrons. The molecule has 1 aromatic heterocycles. The molecule has 0 fully saturated rings. The number of nitrogens with zero attached hydrogens (tertiary/aromatic N) is 3. The Morgan fingerprint density at radius 1 is 1.50 bits per heavy atom. The first-order chi connectivity index (χ1) is 10.3. The Hall–Kier alpha value is -1.85. The van der Waals surface area contributed by atoms with Crippen LogP contribution in [0, 0.1) is 10.1 Å². The fourth-order valence-electron chi connectivity index (χ4n) is 1.47. The molecule has 0 amide bonds. The topological polar surface area (TPSA) is 131 Å². The first-order valence-electron chi connectivity index (χ1n) is 5.85. The van der Waals surface area contributed by atoms with Gasteiger partial charge in [-0.2, -0.15) is 4.98 Å². The number of rotatable bonds is 6. The summed E-state index contributed by atoms with van der Waals surface area (Å²) in [5.41, 5.74) is -0.496. The van der Waals surface area contributed by atoms with Gasteiger partial charge in [0.25, 0.3) is 15.7 Å². The quantitative estimate of drug-likeness (QED) is 0.457. The van der Waals surface area contributed by atoms with Gasteiger partial charge in [0.1, 0.15) is 5.02 Å². The van der Waals surface area contributed by atoms with Gasteiger partial charge in [-0.25, -0.2) is 18.2 Å². The van der Waals surface area contributed by atoms with Gasteiger partial charge in [-0.15, -0.1) is 5.10 Å². The molecule has 0 atom stereocenters. The van der Waals surface area contributed by atoms with Crippen molar-refractivity contribution in [1.29, 1.82) is 0 Å². The number of benzene rings is 1. The van der Waals surface area contributed by atoms with Gasteiger partial charge in [-0.05, 0) is 17.9 Å². The molecule has 0 aliphatic carbocycles. The summed E-state index contributed by atoms with van der Waals surface area (Å²) < 4.78 is 26.5. The second-order valence-electron chi connectivity index (χ2n) is 3.88. The minimum atomic E-state index is -4.04. The van der Waals surface area contributed by atoms with Crippen LogP contribution in [-0.2, 0) is 10.0 Å². The lowest BCUT2D eigenvalue weighted by molar-refractivity contribution is -0.384. The summed E-state index contributed by atoms with van der Waals surface area (Å²) >= 11 is 6.98. The number of anilines is 1. The first kappa shape index (κ1) is 16.5. The standard InChI is InChI=1S/C10H10ClN5O4S2/c1-2-21-10-12-9(13-14-10)15-22(19,20)6-3-4-7(11)8(5-6)16(17)18/h3-5H,2H2,1H3,(H2,12,13,14,15). The van der Waals surface area contributed by atoms with Crippen molar-refractivity contribution in [2.45, 2.75) is 17.0 Å². The number of nitro groups is 1. The van der Waals surface area contributed by atoms with Gasteiger partial charge in [-0.1, -0.05) is 30.3 Å². The molecule has 12 heteroatoms. The Kier molecular flexibility index (Phi) is 4.88. The monoisotopic (exact) mass is 363 g/mol. The SMILES string of the molecule is CCSc1n[nH]c(NS(=O)(=O)c2ccc(Cl)c([N+](=O)[O-])c2)n1. The van der Waals surface area contributed by atoms with Crippen molar-refractivity contribution in [3.8, 4) is 0 Å². The average Bonchev–Trinajstić information content (AvgIpc) is 2.85. The zero-order valence-electron chi connectivity index (χ0n) is 11.1. The van der Waals surface area contributed by atoms with E-state index in [0.717, 1.165) is 24.0 Å². The summed E-state index contributed by atoms with van der Waals surface area (Å²) in [5.74, 6) is 0.654. The summed E-state index contributed by atoms with van der Waals surface area (Å²) in [5, 5.41) is 17.3. The third-order valence-electron chi connectivity index (χ3n) is 2.39. The van der Waals surface area contributed by atoms with Gasteiger partial charge in [0.2, 0.25) is 11.1 Å². The van der Waals surface area contributed by atoms with Crippen LogP contribution in [-0.4, -0.2) is 34.3 Å².